The number of piperidine rings is 1. The van der Waals surface area contributed by atoms with E-state index >= 15 is 0 Å². The van der Waals surface area contributed by atoms with Crippen molar-refractivity contribution in [2.75, 3.05) is 37.7 Å². The summed E-state index contributed by atoms with van der Waals surface area (Å²) in [4.78, 5) is 19.9. The number of likely N-dealkylation sites (tertiary alicyclic amines) is 1. The van der Waals surface area contributed by atoms with Gasteiger partial charge in [0.05, 0.1) is 43.3 Å². The van der Waals surface area contributed by atoms with E-state index in [1.54, 1.807) is 37.4 Å². The number of anilines is 1. The molecule has 1 saturated carbocycles. The van der Waals surface area contributed by atoms with Gasteiger partial charge in [0.15, 0.2) is 0 Å². The van der Waals surface area contributed by atoms with Crippen LogP contribution in [0.15, 0.2) is 36.5 Å². The largest absolute Gasteiger partial charge is 0.444 e. The number of hydrogen-bond donors (Lipinski definition) is 2. The summed E-state index contributed by atoms with van der Waals surface area (Å²) in [5, 5.41) is 28.8. The molecule has 8 nitrogen and oxygen atoms in total. The molecule has 4 atom stereocenters. The van der Waals surface area contributed by atoms with Gasteiger partial charge in [-0.15, -0.1) is 0 Å². The Kier molecular flexibility index (Phi) is 5.32. The van der Waals surface area contributed by atoms with Crippen molar-refractivity contribution in [3.8, 4) is 17.2 Å². The Balaban J connectivity index is 1.34. The highest BCUT2D eigenvalue weighted by atomic mass is 19.1. The number of aliphatic hydroxyl groups is 2. The second-order valence-corrected chi connectivity index (χ2v) is 9.07. The van der Waals surface area contributed by atoms with Crippen molar-refractivity contribution in [1.82, 2.24) is 9.88 Å². The Morgan fingerprint density at radius 1 is 1.24 bits per heavy atom. The number of nitriles is 1. The molecule has 2 N–H and O–H groups in total. The van der Waals surface area contributed by atoms with E-state index in [9.17, 15) is 24.7 Å². The van der Waals surface area contributed by atoms with Crippen LogP contribution in [0.4, 0.5) is 14.9 Å². The fourth-order valence-corrected chi connectivity index (χ4v) is 5.37. The number of carbonyl (C=O) groups is 1. The number of amides is 1. The van der Waals surface area contributed by atoms with Crippen LogP contribution in [0.1, 0.15) is 12.6 Å². The number of halogens is 1. The fourth-order valence-electron chi connectivity index (χ4n) is 5.37. The highest BCUT2D eigenvalue weighted by Crippen LogP contribution is 2.63. The fraction of sp³-hybridized carbons (Fsp3) is 0.458. The summed E-state index contributed by atoms with van der Waals surface area (Å²) in [5.74, 6) is -0.275. The molecule has 2 aromatic rings. The predicted octanol–water partition coefficient (Wildman–Crippen LogP) is 1.91. The van der Waals surface area contributed by atoms with Crippen molar-refractivity contribution in [2.24, 2.45) is 11.8 Å². The quantitative estimate of drug-likeness (QED) is 0.689. The van der Waals surface area contributed by atoms with Gasteiger partial charge in [-0.05, 0) is 31.2 Å². The molecule has 172 valence electrons. The monoisotopic (exact) mass is 452 g/mol. The maximum absolute atomic E-state index is 14.9. The van der Waals surface area contributed by atoms with Gasteiger partial charge in [0.1, 0.15) is 17.3 Å². The van der Waals surface area contributed by atoms with E-state index in [-0.39, 0.29) is 37.2 Å². The Morgan fingerprint density at radius 3 is 2.48 bits per heavy atom. The molecule has 0 radical (unpaired) electrons. The van der Waals surface area contributed by atoms with Crippen molar-refractivity contribution >= 4 is 11.8 Å². The van der Waals surface area contributed by atoms with Crippen LogP contribution < -0.4 is 4.90 Å². The lowest BCUT2D eigenvalue weighted by molar-refractivity contribution is 0.0792. The number of nitrogens with zero attached hydrogens (tertiary/aromatic N) is 4. The van der Waals surface area contributed by atoms with Gasteiger partial charge in [-0.3, -0.25) is 14.8 Å². The van der Waals surface area contributed by atoms with Gasteiger partial charge in [0.25, 0.3) is 0 Å². The number of aliphatic hydroxyl groups excluding tert-OH is 2. The first-order valence-electron chi connectivity index (χ1n) is 11.0. The van der Waals surface area contributed by atoms with Gasteiger partial charge in [-0.1, -0.05) is 6.07 Å². The third-order valence-electron chi connectivity index (χ3n) is 7.26. The molecule has 9 heteroatoms. The van der Waals surface area contributed by atoms with Gasteiger partial charge in [-0.25, -0.2) is 9.18 Å². The van der Waals surface area contributed by atoms with Crippen LogP contribution in [0.5, 0.6) is 0 Å². The van der Waals surface area contributed by atoms with Crippen molar-refractivity contribution in [1.29, 1.82) is 5.26 Å². The highest BCUT2D eigenvalue weighted by molar-refractivity contribution is 5.90. The Bertz CT molecular complexity index is 1100. The summed E-state index contributed by atoms with van der Waals surface area (Å²) in [7, 11) is 0. The minimum atomic E-state index is -0.681. The lowest BCUT2D eigenvalue weighted by Crippen LogP contribution is -2.42. The molecule has 33 heavy (non-hydrogen) atoms. The molecule has 0 unspecified atom stereocenters. The molecule has 1 amide bonds. The van der Waals surface area contributed by atoms with E-state index in [4.69, 9.17) is 4.74 Å². The lowest BCUT2D eigenvalue weighted by atomic mass is 9.95. The average Bonchev–Trinajstić information content (AvgIpc) is 3.07. The van der Waals surface area contributed by atoms with Gasteiger partial charge in [0.2, 0.25) is 0 Å². The van der Waals surface area contributed by atoms with E-state index in [0.717, 1.165) is 0 Å². The molecule has 1 aromatic carbocycles. The Hall–Kier alpha value is -3.06. The first-order valence-corrected chi connectivity index (χ1v) is 11.0. The molecule has 0 bridgehead atoms. The zero-order chi connectivity index (χ0) is 23.3. The number of hydrogen-bond acceptors (Lipinski definition) is 7. The first-order chi connectivity index (χ1) is 15.9. The van der Waals surface area contributed by atoms with E-state index in [1.807, 2.05) is 4.90 Å². The number of cyclic esters (lactones) is 1. The minimum Gasteiger partial charge on any atom is -0.444 e. The smallest absolute Gasteiger partial charge is 0.414 e. The number of fused-ring (bicyclic) bond motifs is 1. The summed E-state index contributed by atoms with van der Waals surface area (Å²) in [6.07, 6.45) is 0.853. The first kappa shape index (κ1) is 21.8. The maximum atomic E-state index is 14.9. The van der Waals surface area contributed by atoms with Crippen LogP contribution in [0, 0.1) is 29.0 Å². The second-order valence-electron chi connectivity index (χ2n) is 9.07. The summed E-state index contributed by atoms with van der Waals surface area (Å²) >= 11 is 0. The summed E-state index contributed by atoms with van der Waals surface area (Å²) < 4.78 is 20.0. The second kappa shape index (κ2) is 8.06. The van der Waals surface area contributed by atoms with Crippen molar-refractivity contribution in [3.63, 3.8) is 0 Å². The summed E-state index contributed by atoms with van der Waals surface area (Å²) in [5.41, 5.74) is 1.37. The molecular formula is C24H25FN4O4. The molecule has 3 aliphatic rings. The van der Waals surface area contributed by atoms with Crippen LogP contribution in [-0.4, -0.2) is 71.2 Å². The highest BCUT2D eigenvalue weighted by Gasteiger charge is 2.71. The number of pyridine rings is 1. The van der Waals surface area contributed by atoms with Gasteiger partial charge >= 0.3 is 6.09 Å². The molecule has 0 spiro atoms. The van der Waals surface area contributed by atoms with Gasteiger partial charge < -0.3 is 14.9 Å². The molecule has 1 aromatic heterocycles. The van der Waals surface area contributed by atoms with E-state index in [0.29, 0.717) is 42.1 Å². The standard InChI is InChI=1S/C24H25FN4O4/c1-14-8-29(23(32)33-14)16-3-4-18(21(25)6-16)15-2-5-22(27-7-15)24(13-26)19-9-28(10-20(19)24)17(11-30)12-31/h2-7,14,17,19-20,30-31H,8-12H2,1H3/t14-,19-,20+,24+/m0/s1. The van der Waals surface area contributed by atoms with Crippen molar-refractivity contribution in [3.05, 3.63) is 48.0 Å². The lowest BCUT2D eigenvalue weighted by Gasteiger charge is -2.28. The predicted molar refractivity (Wildman–Crippen MR) is 117 cm³/mol. The Labute approximate surface area is 190 Å². The molecule has 5 rings (SSSR count). The maximum Gasteiger partial charge on any atom is 0.414 e. The molecule has 3 fully saturated rings. The molecule has 1 aliphatic carbocycles. The summed E-state index contributed by atoms with van der Waals surface area (Å²) in [6, 6.07) is 10.3. The van der Waals surface area contributed by atoms with Gasteiger partial charge in [-0.2, -0.15) is 5.26 Å². The number of rotatable bonds is 6. The van der Waals surface area contributed by atoms with Crippen LogP contribution in [-0.2, 0) is 10.2 Å². The van der Waals surface area contributed by atoms with Crippen molar-refractivity contribution < 1.29 is 24.1 Å². The van der Waals surface area contributed by atoms with E-state index < -0.39 is 17.3 Å². The zero-order valence-electron chi connectivity index (χ0n) is 18.2. The van der Waals surface area contributed by atoms with Crippen LogP contribution in [0.25, 0.3) is 11.1 Å². The van der Waals surface area contributed by atoms with Gasteiger partial charge in [0, 0.05) is 42.2 Å². The number of aromatic nitrogens is 1. The van der Waals surface area contributed by atoms with Crippen LogP contribution in [0.2, 0.25) is 0 Å². The average molecular weight is 452 g/mol. The minimum absolute atomic E-state index is 0.0973. The normalized spacial score (nSPS) is 28.7. The van der Waals surface area contributed by atoms with E-state index in [2.05, 4.69) is 11.1 Å². The third kappa shape index (κ3) is 3.37. The number of carbonyl (C=O) groups excluding carboxylic acids is 1. The molecule has 2 aliphatic heterocycles. The van der Waals surface area contributed by atoms with Crippen LogP contribution >= 0.6 is 0 Å². The zero-order valence-corrected chi connectivity index (χ0v) is 18.2. The van der Waals surface area contributed by atoms with E-state index in [1.165, 1.54) is 11.0 Å². The molecule has 3 heterocycles. The van der Waals surface area contributed by atoms with Crippen molar-refractivity contribution in [2.45, 2.75) is 24.5 Å². The Morgan fingerprint density at radius 2 is 1.97 bits per heavy atom. The summed E-state index contributed by atoms with van der Waals surface area (Å²) in [6.45, 7) is 3.17. The van der Waals surface area contributed by atoms with Crippen LogP contribution in [0.3, 0.4) is 0 Å². The molecule has 2 saturated heterocycles. The number of ether oxygens (including phenoxy) is 1. The SMILES string of the molecule is C[C@H]1CN(c2ccc(-c3ccc([C@@]4(C#N)[C@@H]5CN(C(CO)CO)C[C@@H]54)nc3)c(F)c2)C(=O)O1. The topological polar surface area (TPSA) is 110 Å². The third-order valence-corrected chi connectivity index (χ3v) is 7.26. The number of benzene rings is 1. The molecular weight excluding hydrogens is 427 g/mol.